The summed E-state index contributed by atoms with van der Waals surface area (Å²) >= 11 is 0. The van der Waals surface area contributed by atoms with Crippen LogP contribution in [0.2, 0.25) is 0 Å². The fourth-order valence-electron chi connectivity index (χ4n) is 3.22. The topological polar surface area (TPSA) is 68.0 Å². The van der Waals surface area contributed by atoms with E-state index in [0.29, 0.717) is 24.3 Å². The average Bonchev–Trinajstić information content (AvgIpc) is 2.68. The molecule has 0 bridgehead atoms. The first kappa shape index (κ1) is 23.9. The lowest BCUT2D eigenvalue weighted by molar-refractivity contribution is 0.0628. The number of halogens is 2. The Kier molecular flexibility index (Phi) is 9.38. The van der Waals surface area contributed by atoms with Crippen LogP contribution in [0.1, 0.15) is 15.9 Å². The van der Waals surface area contributed by atoms with Crippen LogP contribution in [0, 0.1) is 0 Å². The van der Waals surface area contributed by atoms with E-state index >= 15 is 0 Å². The molecule has 1 aliphatic rings. The summed E-state index contributed by atoms with van der Waals surface area (Å²) in [6.07, 6.45) is 0. The normalized spacial score (nSPS) is 13.9. The van der Waals surface area contributed by atoms with Crippen molar-refractivity contribution in [1.82, 2.24) is 9.80 Å². The van der Waals surface area contributed by atoms with E-state index in [9.17, 15) is 4.79 Å². The van der Waals surface area contributed by atoms with Gasteiger partial charge in [-0.05, 0) is 30.3 Å². The number of benzene rings is 2. The van der Waals surface area contributed by atoms with Gasteiger partial charge in [0.15, 0.2) is 0 Å². The number of amides is 1. The molecule has 2 aromatic carbocycles. The molecule has 6 nitrogen and oxygen atoms in total. The van der Waals surface area contributed by atoms with Crippen molar-refractivity contribution in [2.75, 3.05) is 46.1 Å². The third-order valence-electron chi connectivity index (χ3n) is 4.73. The minimum Gasteiger partial charge on any atom is -0.497 e. The quantitative estimate of drug-likeness (QED) is 0.742. The Labute approximate surface area is 178 Å². The molecule has 0 unspecified atom stereocenters. The molecule has 1 fully saturated rings. The fourth-order valence-corrected chi connectivity index (χ4v) is 3.22. The van der Waals surface area contributed by atoms with Crippen molar-refractivity contribution in [1.29, 1.82) is 0 Å². The zero-order valence-corrected chi connectivity index (χ0v) is 17.7. The van der Waals surface area contributed by atoms with E-state index in [0.717, 1.165) is 36.7 Å². The lowest BCUT2D eigenvalue weighted by atomic mass is 10.1. The van der Waals surface area contributed by atoms with E-state index in [1.165, 1.54) is 0 Å². The van der Waals surface area contributed by atoms with E-state index in [1.54, 1.807) is 26.4 Å². The highest BCUT2D eigenvalue weighted by atomic mass is 35.5. The lowest BCUT2D eigenvalue weighted by Crippen LogP contribution is -2.48. The van der Waals surface area contributed by atoms with Gasteiger partial charge in [-0.15, -0.1) is 24.8 Å². The number of methoxy groups -OCH3 is 2. The molecule has 8 heteroatoms. The summed E-state index contributed by atoms with van der Waals surface area (Å²) in [4.78, 5) is 16.8. The predicted molar refractivity (Wildman–Crippen MR) is 116 cm³/mol. The summed E-state index contributed by atoms with van der Waals surface area (Å²) < 4.78 is 10.8. The number of nitrogen functional groups attached to an aromatic ring is 1. The highest BCUT2D eigenvalue weighted by molar-refractivity contribution is 5.99. The third kappa shape index (κ3) is 5.44. The molecule has 0 radical (unpaired) electrons. The van der Waals surface area contributed by atoms with Gasteiger partial charge >= 0.3 is 0 Å². The average molecular weight is 428 g/mol. The molecule has 0 aliphatic carbocycles. The number of piperazine rings is 1. The maximum atomic E-state index is 12.7. The van der Waals surface area contributed by atoms with Crippen molar-refractivity contribution in [3.05, 3.63) is 53.6 Å². The lowest BCUT2D eigenvalue weighted by Gasteiger charge is -2.35. The Morgan fingerprint density at radius 1 is 1.00 bits per heavy atom. The van der Waals surface area contributed by atoms with Crippen molar-refractivity contribution >= 4 is 36.4 Å². The molecule has 0 aromatic heterocycles. The summed E-state index contributed by atoms with van der Waals surface area (Å²) in [5.41, 5.74) is 8.12. The van der Waals surface area contributed by atoms with Crippen molar-refractivity contribution in [3.63, 3.8) is 0 Å². The van der Waals surface area contributed by atoms with Gasteiger partial charge < -0.3 is 20.1 Å². The second kappa shape index (κ2) is 11.0. The largest absolute Gasteiger partial charge is 0.497 e. The molecule has 1 heterocycles. The molecule has 1 saturated heterocycles. The zero-order chi connectivity index (χ0) is 18.5. The highest BCUT2D eigenvalue weighted by Gasteiger charge is 2.23. The summed E-state index contributed by atoms with van der Waals surface area (Å²) in [5, 5.41) is 0. The number of nitrogens with zero attached hydrogens (tertiary/aromatic N) is 2. The van der Waals surface area contributed by atoms with Crippen LogP contribution in [0.15, 0.2) is 42.5 Å². The van der Waals surface area contributed by atoms with E-state index in [-0.39, 0.29) is 30.7 Å². The first-order valence-corrected chi connectivity index (χ1v) is 8.69. The first-order chi connectivity index (χ1) is 12.6. The van der Waals surface area contributed by atoms with Crippen LogP contribution < -0.4 is 15.2 Å². The van der Waals surface area contributed by atoms with E-state index in [2.05, 4.69) is 4.90 Å². The van der Waals surface area contributed by atoms with Crippen LogP contribution in [-0.2, 0) is 6.54 Å². The molecule has 3 rings (SSSR count). The minimum atomic E-state index is 0. The number of para-hydroxylation sites is 1. The van der Waals surface area contributed by atoms with Crippen LogP contribution in [-0.4, -0.2) is 56.1 Å². The Hall–Kier alpha value is -2.15. The van der Waals surface area contributed by atoms with E-state index in [1.807, 2.05) is 35.2 Å². The van der Waals surface area contributed by atoms with Crippen molar-refractivity contribution < 1.29 is 14.3 Å². The van der Waals surface area contributed by atoms with Crippen LogP contribution in [0.25, 0.3) is 0 Å². The molecule has 2 aromatic rings. The molecule has 154 valence electrons. The highest BCUT2D eigenvalue weighted by Crippen LogP contribution is 2.26. The Morgan fingerprint density at radius 3 is 2.29 bits per heavy atom. The van der Waals surface area contributed by atoms with Gasteiger partial charge in [-0.3, -0.25) is 9.69 Å². The van der Waals surface area contributed by atoms with Gasteiger partial charge in [-0.25, -0.2) is 0 Å². The number of ether oxygens (including phenoxy) is 2. The van der Waals surface area contributed by atoms with Gasteiger partial charge in [0, 0.05) is 44.0 Å². The maximum Gasteiger partial charge on any atom is 0.256 e. The summed E-state index contributed by atoms with van der Waals surface area (Å²) in [5.74, 6) is 1.66. The van der Waals surface area contributed by atoms with Crippen molar-refractivity contribution in [2.45, 2.75) is 6.54 Å². The number of nitrogens with two attached hydrogens (primary N) is 1. The predicted octanol–water partition coefficient (Wildman–Crippen LogP) is 3.09. The second-order valence-electron chi connectivity index (χ2n) is 6.33. The van der Waals surface area contributed by atoms with Crippen molar-refractivity contribution in [3.8, 4) is 11.5 Å². The number of carbonyl (C=O) groups is 1. The molecule has 1 aliphatic heterocycles. The number of hydrogen-bond acceptors (Lipinski definition) is 5. The van der Waals surface area contributed by atoms with Crippen molar-refractivity contribution in [2.24, 2.45) is 0 Å². The Bertz CT molecular complexity index is 781. The third-order valence-corrected chi connectivity index (χ3v) is 4.73. The van der Waals surface area contributed by atoms with Crippen LogP contribution >= 0.6 is 24.8 Å². The van der Waals surface area contributed by atoms with E-state index in [4.69, 9.17) is 15.2 Å². The zero-order valence-electron chi connectivity index (χ0n) is 16.1. The second-order valence-corrected chi connectivity index (χ2v) is 6.33. The standard InChI is InChI=1S/C20H25N3O3.2ClH/c1-25-16-7-8-19(26-2)15(13-16)14-22-9-11-23(12-10-22)20(24)17-5-3-4-6-18(17)21;;/h3-8,13H,9-12,14,21H2,1-2H3;2*1H. The number of hydrogen-bond donors (Lipinski definition) is 1. The molecule has 2 N–H and O–H groups in total. The van der Waals surface area contributed by atoms with Gasteiger partial charge in [-0.2, -0.15) is 0 Å². The van der Waals surface area contributed by atoms with Gasteiger partial charge in [-0.1, -0.05) is 12.1 Å². The molecular weight excluding hydrogens is 401 g/mol. The van der Waals surface area contributed by atoms with Crippen LogP contribution in [0.4, 0.5) is 5.69 Å². The maximum absolute atomic E-state index is 12.7. The Morgan fingerprint density at radius 2 is 1.68 bits per heavy atom. The molecule has 0 saturated carbocycles. The number of carbonyl (C=O) groups excluding carboxylic acids is 1. The van der Waals surface area contributed by atoms with Gasteiger partial charge in [0.2, 0.25) is 0 Å². The molecule has 0 atom stereocenters. The van der Waals surface area contributed by atoms with Gasteiger partial charge in [0.05, 0.1) is 19.8 Å². The molecule has 0 spiro atoms. The summed E-state index contributed by atoms with van der Waals surface area (Å²) in [7, 11) is 3.33. The molecule has 1 amide bonds. The van der Waals surface area contributed by atoms with Gasteiger partial charge in [0.1, 0.15) is 11.5 Å². The molecule has 28 heavy (non-hydrogen) atoms. The molecular formula is C20H27Cl2N3O3. The number of anilines is 1. The van der Waals surface area contributed by atoms with Gasteiger partial charge in [0.25, 0.3) is 5.91 Å². The van der Waals surface area contributed by atoms with Crippen LogP contribution in [0.3, 0.4) is 0 Å². The monoisotopic (exact) mass is 427 g/mol. The van der Waals surface area contributed by atoms with Crippen LogP contribution in [0.5, 0.6) is 11.5 Å². The number of rotatable bonds is 5. The smallest absolute Gasteiger partial charge is 0.256 e. The Balaban J connectivity index is 0.00000196. The minimum absolute atomic E-state index is 0. The fraction of sp³-hybridized carbons (Fsp3) is 0.350. The van der Waals surface area contributed by atoms with E-state index < -0.39 is 0 Å². The SMILES string of the molecule is COc1ccc(OC)c(CN2CCN(C(=O)c3ccccc3N)CC2)c1.Cl.Cl. The summed E-state index contributed by atoms with van der Waals surface area (Å²) in [6, 6.07) is 13.0. The summed E-state index contributed by atoms with van der Waals surface area (Å²) in [6.45, 7) is 3.73. The first-order valence-electron chi connectivity index (χ1n) is 8.69.